The Morgan fingerprint density at radius 1 is 1.39 bits per heavy atom. The van der Waals surface area contributed by atoms with Gasteiger partial charge in [-0.05, 0) is 18.2 Å². The molecule has 2 heterocycles. The maximum Gasteiger partial charge on any atom is 0.242 e. The van der Waals surface area contributed by atoms with Gasteiger partial charge in [0.05, 0.1) is 12.5 Å². The number of nitrogens with zero attached hydrogens (tertiary/aromatic N) is 2. The number of pyridine rings is 1. The van der Waals surface area contributed by atoms with Crippen LogP contribution >= 0.6 is 0 Å². The molecule has 0 aliphatic rings. The molecule has 0 fully saturated rings. The topological polar surface area (TPSA) is 96.0 Å². The average Bonchev–Trinajstić information content (AvgIpc) is 2.90. The molecule has 0 bridgehead atoms. The molecule has 0 aliphatic heterocycles. The fraction of sp³-hybridized carbons (Fsp3) is 0.0909. The Morgan fingerprint density at radius 2 is 2.22 bits per heavy atom. The van der Waals surface area contributed by atoms with E-state index in [1.807, 2.05) is 6.07 Å². The van der Waals surface area contributed by atoms with E-state index in [1.54, 1.807) is 6.07 Å². The van der Waals surface area contributed by atoms with Crippen LogP contribution in [0.1, 0.15) is 11.3 Å². The van der Waals surface area contributed by atoms with Crippen LogP contribution in [0.25, 0.3) is 0 Å². The Kier molecular flexibility index (Phi) is 3.41. The van der Waals surface area contributed by atoms with E-state index in [9.17, 15) is 8.42 Å². The Bertz CT molecular complexity index is 655. The number of hydrogen-bond acceptors (Lipinski definition) is 5. The van der Waals surface area contributed by atoms with E-state index in [-0.39, 0.29) is 17.1 Å². The third kappa shape index (κ3) is 2.74. The second-order valence-corrected chi connectivity index (χ2v) is 5.21. The molecule has 0 amide bonds. The molecule has 2 aromatic rings. The summed E-state index contributed by atoms with van der Waals surface area (Å²) in [4.78, 5) is 3.73. The number of aromatic nitrogens is 1. The minimum absolute atomic E-state index is 0.0185. The molecule has 92 valence electrons. The van der Waals surface area contributed by atoms with Gasteiger partial charge in [0.15, 0.2) is 0 Å². The van der Waals surface area contributed by atoms with Crippen molar-refractivity contribution in [1.82, 2.24) is 9.71 Å². The van der Waals surface area contributed by atoms with Crippen molar-refractivity contribution in [3.8, 4) is 6.07 Å². The lowest BCUT2D eigenvalue weighted by Crippen LogP contribution is -2.23. The van der Waals surface area contributed by atoms with Gasteiger partial charge in [-0.1, -0.05) is 0 Å². The standard InChI is InChI=1S/C11H9N3O3S/c12-5-10-1-2-11(7-13-10)18(15,16)14-6-9-3-4-17-8-9/h1-4,7-8,14H,6H2. The van der Waals surface area contributed by atoms with Crippen LogP contribution in [0, 0.1) is 11.3 Å². The quantitative estimate of drug-likeness (QED) is 0.888. The highest BCUT2D eigenvalue weighted by Gasteiger charge is 2.14. The third-order valence-electron chi connectivity index (χ3n) is 2.21. The summed E-state index contributed by atoms with van der Waals surface area (Å²) >= 11 is 0. The monoisotopic (exact) mass is 263 g/mol. The second-order valence-electron chi connectivity index (χ2n) is 3.45. The number of nitriles is 1. The van der Waals surface area contributed by atoms with Crippen LogP contribution in [0.4, 0.5) is 0 Å². The van der Waals surface area contributed by atoms with Crippen LogP contribution in [0.3, 0.4) is 0 Å². The van der Waals surface area contributed by atoms with Gasteiger partial charge in [-0.2, -0.15) is 5.26 Å². The molecule has 18 heavy (non-hydrogen) atoms. The predicted octanol–water partition coefficient (Wildman–Crippen LogP) is 1.02. The number of furan rings is 1. The first-order valence-electron chi connectivity index (χ1n) is 4.99. The van der Waals surface area contributed by atoms with Crippen molar-refractivity contribution in [2.45, 2.75) is 11.4 Å². The molecule has 0 radical (unpaired) electrons. The summed E-state index contributed by atoms with van der Waals surface area (Å²) in [7, 11) is -3.62. The largest absolute Gasteiger partial charge is 0.472 e. The van der Waals surface area contributed by atoms with Crippen molar-refractivity contribution < 1.29 is 12.8 Å². The number of nitrogens with one attached hydrogen (secondary N) is 1. The van der Waals surface area contributed by atoms with Crippen LogP contribution in [0.2, 0.25) is 0 Å². The fourth-order valence-electron chi connectivity index (χ4n) is 1.26. The van der Waals surface area contributed by atoms with Crippen molar-refractivity contribution in [2.75, 3.05) is 0 Å². The van der Waals surface area contributed by atoms with E-state index in [0.29, 0.717) is 0 Å². The number of hydrogen-bond donors (Lipinski definition) is 1. The van der Waals surface area contributed by atoms with Gasteiger partial charge in [-0.15, -0.1) is 0 Å². The highest BCUT2D eigenvalue weighted by atomic mass is 32.2. The van der Waals surface area contributed by atoms with E-state index in [4.69, 9.17) is 9.68 Å². The highest BCUT2D eigenvalue weighted by Crippen LogP contribution is 2.09. The van der Waals surface area contributed by atoms with Gasteiger partial charge in [0, 0.05) is 18.3 Å². The maximum absolute atomic E-state index is 11.9. The molecule has 0 spiro atoms. The second kappa shape index (κ2) is 5.00. The molecule has 0 unspecified atom stereocenters. The summed E-state index contributed by atoms with van der Waals surface area (Å²) in [6.07, 6.45) is 4.07. The molecule has 0 aromatic carbocycles. The van der Waals surface area contributed by atoms with Gasteiger partial charge in [0.25, 0.3) is 0 Å². The zero-order valence-electron chi connectivity index (χ0n) is 9.20. The Balaban J connectivity index is 2.13. The lowest BCUT2D eigenvalue weighted by Gasteiger charge is -2.04. The van der Waals surface area contributed by atoms with E-state index < -0.39 is 10.0 Å². The lowest BCUT2D eigenvalue weighted by atomic mass is 10.4. The first-order chi connectivity index (χ1) is 8.62. The summed E-state index contributed by atoms with van der Waals surface area (Å²) < 4.78 is 31.0. The van der Waals surface area contributed by atoms with Crippen LogP contribution in [0.15, 0.2) is 46.2 Å². The summed E-state index contributed by atoms with van der Waals surface area (Å²) in [6.45, 7) is 0.138. The summed E-state index contributed by atoms with van der Waals surface area (Å²) in [5.74, 6) is 0. The molecule has 2 aromatic heterocycles. The third-order valence-corrected chi connectivity index (χ3v) is 3.59. The Hall–Kier alpha value is -2.17. The van der Waals surface area contributed by atoms with Crippen molar-refractivity contribution in [1.29, 1.82) is 5.26 Å². The molecule has 0 atom stereocenters. The molecule has 0 aliphatic carbocycles. The van der Waals surface area contributed by atoms with Crippen molar-refractivity contribution in [2.24, 2.45) is 0 Å². The first kappa shape index (κ1) is 12.3. The molecule has 7 heteroatoms. The Labute approximate surface area is 104 Å². The van der Waals surface area contributed by atoms with Gasteiger partial charge in [-0.25, -0.2) is 18.1 Å². The van der Waals surface area contributed by atoms with Crippen LogP contribution < -0.4 is 4.72 Å². The van der Waals surface area contributed by atoms with Crippen molar-refractivity contribution >= 4 is 10.0 Å². The van der Waals surface area contributed by atoms with Crippen LogP contribution in [-0.2, 0) is 16.6 Å². The SMILES string of the molecule is N#Cc1ccc(S(=O)(=O)NCc2ccoc2)cn1. The van der Waals surface area contributed by atoms with Gasteiger partial charge in [-0.3, -0.25) is 0 Å². The van der Waals surface area contributed by atoms with E-state index in [0.717, 1.165) is 11.8 Å². The van der Waals surface area contributed by atoms with E-state index in [2.05, 4.69) is 9.71 Å². The minimum Gasteiger partial charge on any atom is -0.472 e. The highest BCUT2D eigenvalue weighted by molar-refractivity contribution is 7.89. The van der Waals surface area contributed by atoms with Gasteiger partial charge >= 0.3 is 0 Å². The van der Waals surface area contributed by atoms with Crippen molar-refractivity contribution in [3.63, 3.8) is 0 Å². The summed E-state index contributed by atoms with van der Waals surface area (Å²) in [6, 6.07) is 6.18. The smallest absolute Gasteiger partial charge is 0.242 e. The van der Waals surface area contributed by atoms with E-state index >= 15 is 0 Å². The van der Waals surface area contributed by atoms with Crippen LogP contribution in [-0.4, -0.2) is 13.4 Å². The fourth-order valence-corrected chi connectivity index (χ4v) is 2.22. The predicted molar refractivity (Wildman–Crippen MR) is 61.7 cm³/mol. The first-order valence-corrected chi connectivity index (χ1v) is 6.47. The molecule has 2 rings (SSSR count). The van der Waals surface area contributed by atoms with E-state index in [1.165, 1.54) is 24.7 Å². The molecule has 0 saturated carbocycles. The maximum atomic E-state index is 11.9. The number of rotatable bonds is 4. The van der Waals surface area contributed by atoms with Crippen molar-refractivity contribution in [3.05, 3.63) is 48.2 Å². The lowest BCUT2D eigenvalue weighted by molar-refractivity contribution is 0.561. The molecular formula is C11H9N3O3S. The summed E-state index contributed by atoms with van der Waals surface area (Å²) in [5, 5.41) is 8.57. The summed E-state index contributed by atoms with van der Waals surface area (Å²) in [5.41, 5.74) is 0.893. The van der Waals surface area contributed by atoms with Gasteiger partial charge in [0.1, 0.15) is 16.7 Å². The molecule has 1 N–H and O–H groups in total. The Morgan fingerprint density at radius 3 is 2.78 bits per heavy atom. The molecule has 6 nitrogen and oxygen atoms in total. The average molecular weight is 263 g/mol. The van der Waals surface area contributed by atoms with Gasteiger partial charge < -0.3 is 4.42 Å². The number of sulfonamides is 1. The zero-order chi connectivity index (χ0) is 13.0. The molecular weight excluding hydrogens is 254 g/mol. The molecule has 0 saturated heterocycles. The zero-order valence-corrected chi connectivity index (χ0v) is 10.0. The minimum atomic E-state index is -3.62. The van der Waals surface area contributed by atoms with Gasteiger partial charge in [0.2, 0.25) is 10.0 Å². The van der Waals surface area contributed by atoms with Crippen LogP contribution in [0.5, 0.6) is 0 Å². The normalized spacial score (nSPS) is 11.1.